The van der Waals surface area contributed by atoms with Crippen molar-refractivity contribution in [2.24, 2.45) is 0 Å². The standard InChI is InChI=1S/C9H14O4/c1-3-4-6(2)7(9(12)13)5-8(10)11/h3-5H2,1-2H3,(H,10,11)(H,12,13). The van der Waals surface area contributed by atoms with E-state index in [1.165, 1.54) is 0 Å². The van der Waals surface area contributed by atoms with Crippen LogP contribution in [-0.2, 0) is 9.59 Å². The van der Waals surface area contributed by atoms with E-state index >= 15 is 0 Å². The number of hydrogen-bond acceptors (Lipinski definition) is 2. The largest absolute Gasteiger partial charge is 0.481 e. The highest BCUT2D eigenvalue weighted by atomic mass is 16.4. The van der Waals surface area contributed by atoms with Gasteiger partial charge in [0.25, 0.3) is 0 Å². The first-order valence-electron chi connectivity index (χ1n) is 4.12. The van der Waals surface area contributed by atoms with Crippen molar-refractivity contribution in [1.82, 2.24) is 0 Å². The number of carboxylic acids is 2. The summed E-state index contributed by atoms with van der Waals surface area (Å²) in [5, 5.41) is 17.2. The van der Waals surface area contributed by atoms with Gasteiger partial charge in [-0.25, -0.2) is 4.79 Å². The topological polar surface area (TPSA) is 74.6 Å². The second-order valence-electron chi connectivity index (χ2n) is 2.88. The van der Waals surface area contributed by atoms with E-state index in [0.717, 1.165) is 6.42 Å². The van der Waals surface area contributed by atoms with E-state index < -0.39 is 18.4 Å². The lowest BCUT2D eigenvalue weighted by atomic mass is 10.0. The fourth-order valence-corrected chi connectivity index (χ4v) is 1.09. The first-order valence-corrected chi connectivity index (χ1v) is 4.12. The molecular weight excluding hydrogens is 172 g/mol. The van der Waals surface area contributed by atoms with Crippen LogP contribution >= 0.6 is 0 Å². The fraction of sp³-hybridized carbons (Fsp3) is 0.556. The van der Waals surface area contributed by atoms with E-state index in [1.54, 1.807) is 6.92 Å². The maximum absolute atomic E-state index is 10.6. The zero-order valence-corrected chi connectivity index (χ0v) is 7.83. The fourth-order valence-electron chi connectivity index (χ4n) is 1.09. The molecule has 0 aromatic heterocycles. The molecule has 0 atom stereocenters. The minimum atomic E-state index is -1.13. The minimum Gasteiger partial charge on any atom is -0.481 e. The summed E-state index contributed by atoms with van der Waals surface area (Å²) in [7, 11) is 0. The van der Waals surface area contributed by atoms with Crippen molar-refractivity contribution in [2.45, 2.75) is 33.1 Å². The van der Waals surface area contributed by atoms with Gasteiger partial charge in [0.2, 0.25) is 0 Å². The van der Waals surface area contributed by atoms with Crippen molar-refractivity contribution in [1.29, 1.82) is 0 Å². The second kappa shape index (κ2) is 5.35. The van der Waals surface area contributed by atoms with E-state index in [1.807, 2.05) is 6.92 Å². The highest BCUT2D eigenvalue weighted by Crippen LogP contribution is 2.14. The van der Waals surface area contributed by atoms with Gasteiger partial charge in [0.1, 0.15) is 0 Å². The van der Waals surface area contributed by atoms with Crippen LogP contribution in [0, 0.1) is 0 Å². The Bertz CT molecular complexity index is 240. The number of carboxylic acid groups (broad SMARTS) is 2. The normalized spacial score (nSPS) is 12.2. The van der Waals surface area contributed by atoms with Crippen LogP contribution in [0.15, 0.2) is 11.1 Å². The van der Waals surface area contributed by atoms with Crippen LogP contribution in [-0.4, -0.2) is 22.2 Å². The average Bonchev–Trinajstić information content (AvgIpc) is 1.99. The van der Waals surface area contributed by atoms with Gasteiger partial charge in [-0.15, -0.1) is 0 Å². The van der Waals surface area contributed by atoms with Crippen LogP contribution in [0.5, 0.6) is 0 Å². The van der Waals surface area contributed by atoms with Gasteiger partial charge in [0, 0.05) is 5.57 Å². The van der Waals surface area contributed by atoms with E-state index in [-0.39, 0.29) is 5.57 Å². The highest BCUT2D eigenvalue weighted by Gasteiger charge is 2.14. The molecule has 2 N–H and O–H groups in total. The first kappa shape index (κ1) is 11.7. The lowest BCUT2D eigenvalue weighted by molar-refractivity contribution is -0.139. The molecule has 0 spiro atoms. The Labute approximate surface area is 76.9 Å². The third kappa shape index (κ3) is 4.30. The monoisotopic (exact) mass is 186 g/mol. The Hall–Kier alpha value is -1.32. The van der Waals surface area contributed by atoms with Crippen molar-refractivity contribution in [3.63, 3.8) is 0 Å². The first-order chi connectivity index (χ1) is 5.99. The van der Waals surface area contributed by atoms with Crippen molar-refractivity contribution in [2.75, 3.05) is 0 Å². The third-order valence-corrected chi connectivity index (χ3v) is 1.73. The van der Waals surface area contributed by atoms with Crippen LogP contribution in [0.4, 0.5) is 0 Å². The lowest BCUT2D eigenvalue weighted by Crippen LogP contribution is -2.09. The van der Waals surface area contributed by atoms with Crippen molar-refractivity contribution >= 4 is 11.9 Å². The molecule has 0 saturated carbocycles. The molecule has 4 nitrogen and oxygen atoms in total. The number of allylic oxidation sites excluding steroid dienone is 1. The van der Waals surface area contributed by atoms with Crippen LogP contribution in [0.1, 0.15) is 33.1 Å². The van der Waals surface area contributed by atoms with Crippen molar-refractivity contribution in [3.05, 3.63) is 11.1 Å². The molecule has 0 unspecified atom stereocenters. The summed E-state index contributed by atoms with van der Waals surface area (Å²) in [5.74, 6) is -2.23. The molecule has 0 bridgehead atoms. The van der Waals surface area contributed by atoms with Crippen LogP contribution in [0.3, 0.4) is 0 Å². The molecule has 0 amide bonds. The van der Waals surface area contributed by atoms with Gasteiger partial charge in [-0.3, -0.25) is 4.79 Å². The Morgan fingerprint density at radius 1 is 1.23 bits per heavy atom. The van der Waals surface area contributed by atoms with Gasteiger partial charge in [-0.05, 0) is 13.3 Å². The number of carbonyl (C=O) groups is 2. The zero-order valence-electron chi connectivity index (χ0n) is 7.83. The summed E-state index contributed by atoms with van der Waals surface area (Å²) >= 11 is 0. The molecule has 0 aliphatic rings. The molecule has 0 aliphatic heterocycles. The van der Waals surface area contributed by atoms with Crippen LogP contribution in [0.25, 0.3) is 0 Å². The molecule has 0 aromatic rings. The van der Waals surface area contributed by atoms with E-state index in [0.29, 0.717) is 12.0 Å². The van der Waals surface area contributed by atoms with Gasteiger partial charge >= 0.3 is 11.9 Å². The summed E-state index contributed by atoms with van der Waals surface area (Å²) in [6.45, 7) is 3.58. The van der Waals surface area contributed by atoms with Crippen LogP contribution in [0.2, 0.25) is 0 Å². The molecule has 0 aromatic carbocycles. The molecule has 0 radical (unpaired) electrons. The van der Waals surface area contributed by atoms with Crippen molar-refractivity contribution in [3.8, 4) is 0 Å². The molecule has 0 fully saturated rings. The maximum atomic E-state index is 10.6. The zero-order chi connectivity index (χ0) is 10.4. The SMILES string of the molecule is CCCC(C)=C(CC(=O)O)C(=O)O. The number of hydrogen-bond donors (Lipinski definition) is 2. The molecule has 0 saturated heterocycles. The summed E-state index contributed by atoms with van der Waals surface area (Å²) in [4.78, 5) is 21.0. The maximum Gasteiger partial charge on any atom is 0.332 e. The quantitative estimate of drug-likeness (QED) is 0.640. The van der Waals surface area contributed by atoms with Gasteiger partial charge in [-0.1, -0.05) is 18.9 Å². The molecular formula is C9H14O4. The van der Waals surface area contributed by atoms with Gasteiger partial charge in [0.15, 0.2) is 0 Å². The minimum absolute atomic E-state index is 0.00866. The Morgan fingerprint density at radius 2 is 1.77 bits per heavy atom. The van der Waals surface area contributed by atoms with Gasteiger partial charge in [0.05, 0.1) is 6.42 Å². The second-order valence-corrected chi connectivity index (χ2v) is 2.88. The summed E-state index contributed by atoms with van der Waals surface area (Å²) in [5.41, 5.74) is 0.659. The highest BCUT2D eigenvalue weighted by molar-refractivity contribution is 5.92. The molecule has 0 aliphatic carbocycles. The summed E-state index contributed by atoms with van der Waals surface area (Å²) in [6, 6.07) is 0. The van der Waals surface area contributed by atoms with Gasteiger partial charge in [-0.2, -0.15) is 0 Å². The summed E-state index contributed by atoms with van der Waals surface area (Å²) < 4.78 is 0. The smallest absolute Gasteiger partial charge is 0.332 e. The van der Waals surface area contributed by atoms with E-state index in [9.17, 15) is 9.59 Å². The van der Waals surface area contributed by atoms with Crippen LogP contribution < -0.4 is 0 Å². The Morgan fingerprint density at radius 3 is 2.08 bits per heavy atom. The van der Waals surface area contributed by atoms with Gasteiger partial charge < -0.3 is 10.2 Å². The third-order valence-electron chi connectivity index (χ3n) is 1.73. The number of aliphatic carboxylic acids is 2. The average molecular weight is 186 g/mol. The molecule has 4 heteroatoms. The van der Waals surface area contributed by atoms with E-state index in [2.05, 4.69) is 0 Å². The molecule has 0 heterocycles. The molecule has 74 valence electrons. The molecule has 13 heavy (non-hydrogen) atoms. The predicted molar refractivity (Wildman–Crippen MR) is 47.5 cm³/mol. The van der Waals surface area contributed by atoms with E-state index in [4.69, 9.17) is 10.2 Å². The Kier molecular flexibility index (Phi) is 4.80. The predicted octanol–water partition coefficient (Wildman–Crippen LogP) is 1.66. The van der Waals surface area contributed by atoms with Crippen molar-refractivity contribution < 1.29 is 19.8 Å². The lowest BCUT2D eigenvalue weighted by Gasteiger charge is -2.04. The summed E-state index contributed by atoms with van der Waals surface area (Å²) in [6.07, 6.45) is 1.05. The molecule has 0 rings (SSSR count). The number of rotatable bonds is 5. The Balaban J connectivity index is 4.66.